The summed E-state index contributed by atoms with van der Waals surface area (Å²) in [6.07, 6.45) is -1.47. The van der Waals surface area contributed by atoms with Crippen LogP contribution in [0.2, 0.25) is 0 Å². The van der Waals surface area contributed by atoms with Gasteiger partial charge >= 0.3 is 0 Å². The van der Waals surface area contributed by atoms with E-state index in [0.29, 0.717) is 12.0 Å². The first kappa shape index (κ1) is 16.6. The molecule has 3 nitrogen and oxygen atoms in total. The molecule has 1 amide bonds. The summed E-state index contributed by atoms with van der Waals surface area (Å²) in [7, 11) is 0. The van der Waals surface area contributed by atoms with Crippen LogP contribution in [0.25, 0.3) is 0 Å². The Hall–Kier alpha value is -2.27. The summed E-state index contributed by atoms with van der Waals surface area (Å²) in [5.74, 6) is -3.57. The van der Waals surface area contributed by atoms with E-state index in [4.69, 9.17) is 0 Å². The van der Waals surface area contributed by atoms with E-state index in [1.54, 1.807) is 18.2 Å². The number of aliphatic hydroxyl groups is 1. The first-order valence-corrected chi connectivity index (χ1v) is 7.95. The fourth-order valence-corrected chi connectivity index (χ4v) is 3.00. The van der Waals surface area contributed by atoms with Gasteiger partial charge in [0, 0.05) is 12.0 Å². The molecule has 0 spiro atoms. The van der Waals surface area contributed by atoms with E-state index in [-0.39, 0.29) is 6.42 Å². The Bertz CT molecular complexity index is 718. The Labute approximate surface area is 139 Å². The summed E-state index contributed by atoms with van der Waals surface area (Å²) in [5, 5.41) is 12.1. The van der Waals surface area contributed by atoms with Gasteiger partial charge in [-0.25, -0.2) is 8.78 Å². The molecule has 2 N–H and O–H groups in total. The van der Waals surface area contributed by atoms with Gasteiger partial charge in [-0.05, 0) is 36.1 Å². The molecule has 0 bridgehead atoms. The van der Waals surface area contributed by atoms with Gasteiger partial charge in [0.2, 0.25) is 0 Å². The first-order chi connectivity index (χ1) is 11.5. The van der Waals surface area contributed by atoms with E-state index >= 15 is 0 Å². The van der Waals surface area contributed by atoms with Crippen molar-refractivity contribution >= 4 is 5.91 Å². The highest BCUT2D eigenvalue weighted by atomic mass is 19.3. The predicted molar refractivity (Wildman–Crippen MR) is 87.1 cm³/mol. The van der Waals surface area contributed by atoms with Crippen LogP contribution in [0.15, 0.2) is 54.6 Å². The molecule has 0 aliphatic heterocycles. The van der Waals surface area contributed by atoms with Crippen molar-refractivity contribution in [3.05, 3.63) is 71.3 Å². The molecule has 0 radical (unpaired) electrons. The van der Waals surface area contributed by atoms with E-state index in [2.05, 4.69) is 5.32 Å². The zero-order valence-electron chi connectivity index (χ0n) is 13.1. The fraction of sp³-hybridized carbons (Fsp3) is 0.316. The number of carbonyl (C=O) groups excluding carboxylic acids is 1. The molecule has 2 aromatic rings. The molecule has 0 heterocycles. The van der Waals surface area contributed by atoms with Crippen molar-refractivity contribution in [2.45, 2.75) is 37.3 Å². The van der Waals surface area contributed by atoms with Crippen molar-refractivity contribution in [1.82, 2.24) is 5.32 Å². The summed E-state index contributed by atoms with van der Waals surface area (Å²) in [6, 6.07) is 16.0. The Morgan fingerprint density at radius 3 is 2.50 bits per heavy atom. The smallest absolute Gasteiger partial charge is 0.275 e. The highest BCUT2D eigenvalue weighted by Crippen LogP contribution is 2.35. The zero-order valence-corrected chi connectivity index (χ0v) is 13.1. The van der Waals surface area contributed by atoms with Gasteiger partial charge in [-0.15, -0.1) is 0 Å². The van der Waals surface area contributed by atoms with Gasteiger partial charge in [0.05, 0.1) is 6.04 Å². The second-order valence-electron chi connectivity index (χ2n) is 6.19. The number of alkyl halides is 2. The molecule has 24 heavy (non-hydrogen) atoms. The lowest BCUT2D eigenvalue weighted by Crippen LogP contribution is -2.45. The lowest BCUT2D eigenvalue weighted by molar-refractivity contribution is -0.0911. The largest absolute Gasteiger partial charge is 0.385 e. The van der Waals surface area contributed by atoms with Crippen molar-refractivity contribution in [1.29, 1.82) is 0 Å². The number of benzene rings is 2. The van der Waals surface area contributed by atoms with E-state index in [1.165, 1.54) is 0 Å². The average Bonchev–Trinajstić information content (AvgIpc) is 2.83. The van der Waals surface area contributed by atoms with Crippen LogP contribution in [0.1, 0.15) is 34.3 Å². The summed E-state index contributed by atoms with van der Waals surface area (Å²) in [4.78, 5) is 12.3. The second kappa shape index (κ2) is 6.69. The zero-order chi connectivity index (χ0) is 17.2. The maximum atomic E-state index is 13.3. The van der Waals surface area contributed by atoms with Crippen molar-refractivity contribution in [2.75, 3.05) is 0 Å². The topological polar surface area (TPSA) is 49.3 Å². The SMILES string of the molecule is O=C(N[C@H]1CCC(F)(F)[C@@H]1O)c1cccc(Cc2ccccc2)c1. The first-order valence-electron chi connectivity index (χ1n) is 7.95. The highest BCUT2D eigenvalue weighted by molar-refractivity contribution is 5.94. The van der Waals surface area contributed by atoms with Gasteiger partial charge < -0.3 is 10.4 Å². The van der Waals surface area contributed by atoms with E-state index in [0.717, 1.165) is 11.1 Å². The van der Waals surface area contributed by atoms with Gasteiger partial charge in [0.15, 0.2) is 0 Å². The van der Waals surface area contributed by atoms with E-state index in [9.17, 15) is 18.7 Å². The van der Waals surface area contributed by atoms with Crippen molar-refractivity contribution in [3.8, 4) is 0 Å². The summed E-state index contributed by atoms with van der Waals surface area (Å²) < 4.78 is 26.7. The van der Waals surface area contributed by atoms with Crippen molar-refractivity contribution < 1.29 is 18.7 Å². The Morgan fingerprint density at radius 2 is 1.83 bits per heavy atom. The minimum absolute atomic E-state index is 0.0730. The molecule has 0 unspecified atom stereocenters. The minimum atomic E-state index is -3.13. The molecule has 5 heteroatoms. The van der Waals surface area contributed by atoms with Crippen LogP contribution in [-0.4, -0.2) is 29.1 Å². The number of nitrogens with one attached hydrogen (secondary N) is 1. The van der Waals surface area contributed by atoms with Crippen LogP contribution in [0.4, 0.5) is 8.78 Å². The monoisotopic (exact) mass is 331 g/mol. The number of rotatable bonds is 4. The van der Waals surface area contributed by atoms with Crippen LogP contribution in [0, 0.1) is 0 Å². The molecule has 3 rings (SSSR count). The summed E-state index contributed by atoms with van der Waals surface area (Å²) in [5.41, 5.74) is 2.50. The standard InChI is InChI=1S/C19H19F2NO2/c20-19(21)10-9-16(17(19)23)22-18(24)15-8-4-7-14(12-15)11-13-5-2-1-3-6-13/h1-8,12,16-17,23H,9-11H2,(H,22,24)/t16-,17+/m0/s1. The molecule has 1 aliphatic rings. The van der Waals surface area contributed by atoms with Gasteiger partial charge in [-0.2, -0.15) is 0 Å². The van der Waals surface area contributed by atoms with Gasteiger partial charge in [0.1, 0.15) is 6.10 Å². The molecule has 1 fully saturated rings. The lowest BCUT2D eigenvalue weighted by Gasteiger charge is -2.20. The molecular weight excluding hydrogens is 312 g/mol. The Kier molecular flexibility index (Phi) is 4.62. The summed E-state index contributed by atoms with van der Waals surface area (Å²) in [6.45, 7) is 0. The summed E-state index contributed by atoms with van der Waals surface area (Å²) >= 11 is 0. The van der Waals surface area contributed by atoms with Crippen molar-refractivity contribution in [2.24, 2.45) is 0 Å². The molecule has 126 valence electrons. The number of hydrogen-bond donors (Lipinski definition) is 2. The number of amides is 1. The fourth-order valence-electron chi connectivity index (χ4n) is 3.00. The minimum Gasteiger partial charge on any atom is -0.385 e. The van der Waals surface area contributed by atoms with Crippen LogP contribution in [0.5, 0.6) is 0 Å². The maximum absolute atomic E-state index is 13.3. The highest BCUT2D eigenvalue weighted by Gasteiger charge is 2.49. The van der Waals surface area contributed by atoms with Gasteiger partial charge in [-0.3, -0.25) is 4.79 Å². The number of halogens is 2. The average molecular weight is 331 g/mol. The molecule has 2 atom stereocenters. The molecule has 1 saturated carbocycles. The third kappa shape index (κ3) is 3.62. The molecule has 2 aromatic carbocycles. The van der Waals surface area contributed by atoms with Crippen LogP contribution >= 0.6 is 0 Å². The predicted octanol–water partition coefficient (Wildman–Crippen LogP) is 3.17. The van der Waals surface area contributed by atoms with E-state index in [1.807, 2.05) is 36.4 Å². The normalized spacial score (nSPS) is 22.3. The number of aliphatic hydroxyl groups excluding tert-OH is 1. The van der Waals surface area contributed by atoms with Crippen molar-refractivity contribution in [3.63, 3.8) is 0 Å². The van der Waals surface area contributed by atoms with Gasteiger partial charge in [-0.1, -0.05) is 42.5 Å². The third-order valence-electron chi connectivity index (χ3n) is 4.36. The Balaban J connectivity index is 1.69. The van der Waals surface area contributed by atoms with Crippen LogP contribution in [0.3, 0.4) is 0 Å². The van der Waals surface area contributed by atoms with Crippen LogP contribution < -0.4 is 5.32 Å². The quantitative estimate of drug-likeness (QED) is 0.904. The Morgan fingerprint density at radius 1 is 1.12 bits per heavy atom. The molecule has 1 aliphatic carbocycles. The lowest BCUT2D eigenvalue weighted by atomic mass is 10.0. The maximum Gasteiger partial charge on any atom is 0.275 e. The third-order valence-corrected chi connectivity index (χ3v) is 4.36. The second-order valence-corrected chi connectivity index (χ2v) is 6.19. The van der Waals surface area contributed by atoms with E-state index < -0.39 is 30.4 Å². The molecule has 0 aromatic heterocycles. The van der Waals surface area contributed by atoms with Gasteiger partial charge in [0.25, 0.3) is 11.8 Å². The molecular formula is C19H19F2NO2. The number of carbonyl (C=O) groups is 1. The molecule has 0 saturated heterocycles. The number of hydrogen-bond acceptors (Lipinski definition) is 2. The van der Waals surface area contributed by atoms with Crippen LogP contribution in [-0.2, 0) is 6.42 Å².